The molecule has 0 saturated heterocycles. The molecular weight excluding hydrogens is 265 g/mol. The number of hydrogen-bond donors (Lipinski definition) is 1. The second-order valence-electron chi connectivity index (χ2n) is 5.50. The molecule has 0 unspecified atom stereocenters. The Hall–Kier alpha value is -2.36. The summed E-state index contributed by atoms with van der Waals surface area (Å²) in [7, 11) is 1.90. The van der Waals surface area contributed by atoms with E-state index in [9.17, 15) is 4.39 Å². The van der Waals surface area contributed by atoms with Gasteiger partial charge < -0.3 is 9.88 Å². The van der Waals surface area contributed by atoms with E-state index in [2.05, 4.69) is 27.0 Å². The Morgan fingerprint density at radius 3 is 2.57 bits per heavy atom. The van der Waals surface area contributed by atoms with Crippen LogP contribution < -0.4 is 5.32 Å². The van der Waals surface area contributed by atoms with Gasteiger partial charge in [0.05, 0.1) is 11.0 Å². The summed E-state index contributed by atoms with van der Waals surface area (Å²) in [5.41, 5.74) is 3.89. The van der Waals surface area contributed by atoms with Crippen LogP contribution in [0.15, 0.2) is 42.5 Å². The van der Waals surface area contributed by atoms with E-state index in [0.717, 1.165) is 28.1 Å². The van der Waals surface area contributed by atoms with Gasteiger partial charge in [0, 0.05) is 30.4 Å². The Morgan fingerprint density at radius 1 is 1.14 bits per heavy atom. The fourth-order valence-electron chi connectivity index (χ4n) is 2.76. The number of imidazole rings is 1. The highest BCUT2D eigenvalue weighted by molar-refractivity contribution is 5.81. The van der Waals surface area contributed by atoms with Crippen molar-refractivity contribution in [2.45, 2.75) is 18.9 Å². The first-order valence-electron chi connectivity index (χ1n) is 7.22. The molecule has 1 saturated carbocycles. The first-order chi connectivity index (χ1) is 10.3. The van der Waals surface area contributed by atoms with Crippen molar-refractivity contribution in [1.82, 2.24) is 9.55 Å². The van der Waals surface area contributed by atoms with E-state index < -0.39 is 0 Å². The molecule has 4 rings (SSSR count). The van der Waals surface area contributed by atoms with Crippen LogP contribution in [-0.4, -0.2) is 16.6 Å². The largest absolute Gasteiger partial charge is 0.388 e. The quantitative estimate of drug-likeness (QED) is 0.779. The molecular formula is C17H16FN3. The van der Waals surface area contributed by atoms with Crippen molar-refractivity contribution in [2.75, 3.05) is 12.4 Å². The standard InChI is InChI=1S/C17H16FN3/c1-19-13-5-2-11(3-6-13)17-20-15-10-12(18)4-9-16(15)21(17)14-7-8-14/h2-6,9-10,14,19H,7-8H2,1H3. The molecule has 3 nitrogen and oxygen atoms in total. The molecule has 1 N–H and O–H groups in total. The van der Waals surface area contributed by atoms with Crippen molar-refractivity contribution in [2.24, 2.45) is 0 Å². The SMILES string of the molecule is CNc1ccc(-c2nc3cc(F)ccc3n2C2CC2)cc1. The average molecular weight is 281 g/mol. The smallest absolute Gasteiger partial charge is 0.141 e. The van der Waals surface area contributed by atoms with Crippen LogP contribution in [0.2, 0.25) is 0 Å². The van der Waals surface area contributed by atoms with Gasteiger partial charge in [0.25, 0.3) is 0 Å². The molecule has 2 aromatic carbocycles. The number of hydrogen-bond acceptors (Lipinski definition) is 2. The lowest BCUT2D eigenvalue weighted by molar-refractivity contribution is 0.629. The highest BCUT2D eigenvalue weighted by atomic mass is 19.1. The van der Waals surface area contributed by atoms with Crippen LogP contribution >= 0.6 is 0 Å². The van der Waals surface area contributed by atoms with Crippen LogP contribution in [0.3, 0.4) is 0 Å². The van der Waals surface area contributed by atoms with Crippen LogP contribution in [0.5, 0.6) is 0 Å². The maximum atomic E-state index is 13.4. The molecule has 0 spiro atoms. The molecule has 1 aliphatic rings. The highest BCUT2D eigenvalue weighted by Crippen LogP contribution is 2.41. The fraction of sp³-hybridized carbons (Fsp3) is 0.235. The predicted molar refractivity (Wildman–Crippen MR) is 82.9 cm³/mol. The Balaban J connectivity index is 1.91. The molecule has 1 aliphatic carbocycles. The van der Waals surface area contributed by atoms with Gasteiger partial charge in [-0.15, -0.1) is 0 Å². The fourth-order valence-corrected chi connectivity index (χ4v) is 2.76. The van der Waals surface area contributed by atoms with Gasteiger partial charge in [-0.3, -0.25) is 0 Å². The number of nitrogens with one attached hydrogen (secondary N) is 1. The summed E-state index contributed by atoms with van der Waals surface area (Å²) in [4.78, 5) is 4.66. The number of aromatic nitrogens is 2. The summed E-state index contributed by atoms with van der Waals surface area (Å²) in [6.07, 6.45) is 2.34. The van der Waals surface area contributed by atoms with E-state index >= 15 is 0 Å². The number of benzene rings is 2. The van der Waals surface area contributed by atoms with Crippen molar-refractivity contribution < 1.29 is 4.39 Å². The van der Waals surface area contributed by atoms with E-state index in [0.29, 0.717) is 6.04 Å². The van der Waals surface area contributed by atoms with Gasteiger partial charge in [-0.25, -0.2) is 9.37 Å². The number of rotatable bonds is 3. The summed E-state index contributed by atoms with van der Waals surface area (Å²) in [6.45, 7) is 0. The third kappa shape index (κ3) is 2.07. The molecule has 3 aromatic rings. The summed E-state index contributed by atoms with van der Waals surface area (Å²) < 4.78 is 15.7. The van der Waals surface area contributed by atoms with Crippen LogP contribution in [0.25, 0.3) is 22.4 Å². The first kappa shape index (κ1) is 12.4. The molecule has 1 heterocycles. The van der Waals surface area contributed by atoms with E-state index in [4.69, 9.17) is 0 Å². The highest BCUT2D eigenvalue weighted by Gasteiger charge is 2.28. The Morgan fingerprint density at radius 2 is 1.90 bits per heavy atom. The molecule has 0 amide bonds. The third-order valence-corrected chi connectivity index (χ3v) is 4.00. The molecule has 1 aromatic heterocycles. The number of halogens is 1. The average Bonchev–Trinajstić information content (AvgIpc) is 3.28. The van der Waals surface area contributed by atoms with E-state index in [1.807, 2.05) is 25.2 Å². The zero-order valence-corrected chi connectivity index (χ0v) is 11.8. The molecule has 4 heteroatoms. The molecule has 0 aliphatic heterocycles. The zero-order chi connectivity index (χ0) is 14.4. The van der Waals surface area contributed by atoms with Gasteiger partial charge in [-0.2, -0.15) is 0 Å². The Bertz CT molecular complexity index is 801. The molecule has 0 bridgehead atoms. The van der Waals surface area contributed by atoms with Crippen molar-refractivity contribution in [1.29, 1.82) is 0 Å². The van der Waals surface area contributed by atoms with Crippen molar-refractivity contribution in [3.8, 4) is 11.4 Å². The van der Waals surface area contributed by atoms with Crippen LogP contribution in [-0.2, 0) is 0 Å². The van der Waals surface area contributed by atoms with Crippen molar-refractivity contribution >= 4 is 16.7 Å². The topological polar surface area (TPSA) is 29.9 Å². The molecule has 0 atom stereocenters. The van der Waals surface area contributed by atoms with E-state index in [-0.39, 0.29) is 5.82 Å². The minimum Gasteiger partial charge on any atom is -0.388 e. The number of fused-ring (bicyclic) bond motifs is 1. The molecule has 106 valence electrons. The lowest BCUT2D eigenvalue weighted by Gasteiger charge is -2.08. The van der Waals surface area contributed by atoms with Gasteiger partial charge in [0.2, 0.25) is 0 Å². The van der Waals surface area contributed by atoms with Gasteiger partial charge in [0.1, 0.15) is 11.6 Å². The van der Waals surface area contributed by atoms with Crippen LogP contribution in [0, 0.1) is 5.82 Å². The number of nitrogens with zero attached hydrogens (tertiary/aromatic N) is 2. The van der Waals surface area contributed by atoms with Gasteiger partial charge >= 0.3 is 0 Å². The first-order valence-corrected chi connectivity index (χ1v) is 7.22. The molecule has 21 heavy (non-hydrogen) atoms. The maximum absolute atomic E-state index is 13.4. The summed E-state index contributed by atoms with van der Waals surface area (Å²) in [6, 6.07) is 13.5. The lowest BCUT2D eigenvalue weighted by Crippen LogP contribution is -1.97. The molecule has 1 fully saturated rings. The van der Waals surface area contributed by atoms with E-state index in [1.165, 1.54) is 25.0 Å². The normalized spacial score (nSPS) is 14.6. The van der Waals surface area contributed by atoms with Crippen molar-refractivity contribution in [3.05, 3.63) is 48.3 Å². The minimum atomic E-state index is -0.236. The van der Waals surface area contributed by atoms with Gasteiger partial charge in [0.15, 0.2) is 0 Å². The van der Waals surface area contributed by atoms with Crippen LogP contribution in [0.4, 0.5) is 10.1 Å². The minimum absolute atomic E-state index is 0.236. The third-order valence-electron chi connectivity index (χ3n) is 4.00. The Labute approximate surface area is 122 Å². The second kappa shape index (κ2) is 4.58. The monoisotopic (exact) mass is 281 g/mol. The van der Waals surface area contributed by atoms with Gasteiger partial charge in [-0.05, 0) is 49.2 Å². The van der Waals surface area contributed by atoms with E-state index in [1.54, 1.807) is 0 Å². The molecule has 0 radical (unpaired) electrons. The summed E-state index contributed by atoms with van der Waals surface area (Å²) in [5, 5.41) is 3.11. The second-order valence-corrected chi connectivity index (χ2v) is 5.50. The van der Waals surface area contributed by atoms with Crippen molar-refractivity contribution in [3.63, 3.8) is 0 Å². The van der Waals surface area contributed by atoms with Gasteiger partial charge in [-0.1, -0.05) is 0 Å². The predicted octanol–water partition coefficient (Wildman–Crippen LogP) is 4.22. The summed E-state index contributed by atoms with van der Waals surface area (Å²) >= 11 is 0. The maximum Gasteiger partial charge on any atom is 0.141 e. The zero-order valence-electron chi connectivity index (χ0n) is 11.8. The number of anilines is 1. The Kier molecular flexibility index (Phi) is 2.70. The summed E-state index contributed by atoms with van der Waals surface area (Å²) in [5.74, 6) is 0.695. The van der Waals surface area contributed by atoms with Crippen LogP contribution in [0.1, 0.15) is 18.9 Å². The lowest BCUT2D eigenvalue weighted by atomic mass is 10.2.